The minimum atomic E-state index is -0.837. The molecule has 1 aliphatic heterocycles. The molecule has 1 fully saturated rings. The number of piperidine rings is 1. The summed E-state index contributed by atoms with van der Waals surface area (Å²) in [6, 6.07) is 11.7. The molecule has 1 heterocycles. The third-order valence-electron chi connectivity index (χ3n) is 4.07. The van der Waals surface area contributed by atoms with Gasteiger partial charge in [-0.2, -0.15) is 0 Å². The van der Waals surface area contributed by atoms with Gasteiger partial charge in [-0.25, -0.2) is 8.78 Å². The zero-order chi connectivity index (χ0) is 15.7. The van der Waals surface area contributed by atoms with Crippen LogP contribution in [0.2, 0.25) is 5.02 Å². The zero-order valence-corrected chi connectivity index (χ0v) is 12.7. The van der Waals surface area contributed by atoms with E-state index in [1.54, 1.807) is 6.07 Å². The highest BCUT2D eigenvalue weighted by molar-refractivity contribution is 6.30. The molecular formula is C17H17ClF2N2. The van der Waals surface area contributed by atoms with E-state index in [-0.39, 0.29) is 17.6 Å². The van der Waals surface area contributed by atoms with Crippen molar-refractivity contribution in [2.75, 3.05) is 18.0 Å². The third-order valence-corrected chi connectivity index (χ3v) is 4.31. The summed E-state index contributed by atoms with van der Waals surface area (Å²) in [6.45, 7) is 1.10. The Kier molecular flexibility index (Phi) is 4.32. The normalized spacial score (nSPS) is 21.9. The molecule has 0 bridgehead atoms. The van der Waals surface area contributed by atoms with Crippen molar-refractivity contribution in [2.24, 2.45) is 5.73 Å². The van der Waals surface area contributed by atoms with Gasteiger partial charge in [0.25, 0.3) is 0 Å². The van der Waals surface area contributed by atoms with Gasteiger partial charge in [-0.1, -0.05) is 29.8 Å². The summed E-state index contributed by atoms with van der Waals surface area (Å²) in [4.78, 5) is 1.82. The van der Waals surface area contributed by atoms with Crippen LogP contribution in [0.25, 0.3) is 0 Å². The van der Waals surface area contributed by atoms with Crippen LogP contribution in [-0.4, -0.2) is 19.1 Å². The first-order chi connectivity index (χ1) is 10.5. The van der Waals surface area contributed by atoms with Crippen molar-refractivity contribution >= 4 is 17.3 Å². The van der Waals surface area contributed by atoms with Crippen molar-refractivity contribution in [3.8, 4) is 0 Å². The van der Waals surface area contributed by atoms with E-state index < -0.39 is 11.6 Å². The van der Waals surface area contributed by atoms with Crippen LogP contribution in [0, 0.1) is 11.6 Å². The van der Waals surface area contributed by atoms with Crippen LogP contribution in [0.4, 0.5) is 14.5 Å². The molecule has 3 rings (SSSR count). The van der Waals surface area contributed by atoms with Crippen LogP contribution in [0.3, 0.4) is 0 Å². The van der Waals surface area contributed by atoms with Crippen LogP contribution in [0.1, 0.15) is 17.9 Å². The van der Waals surface area contributed by atoms with E-state index >= 15 is 0 Å². The van der Waals surface area contributed by atoms with Crippen LogP contribution < -0.4 is 10.6 Å². The van der Waals surface area contributed by atoms with Crippen LogP contribution in [-0.2, 0) is 0 Å². The van der Waals surface area contributed by atoms with Crippen molar-refractivity contribution in [3.05, 3.63) is 64.7 Å². The summed E-state index contributed by atoms with van der Waals surface area (Å²) in [6.07, 6.45) is 0.799. The van der Waals surface area contributed by atoms with Crippen molar-refractivity contribution in [1.29, 1.82) is 0 Å². The van der Waals surface area contributed by atoms with E-state index in [9.17, 15) is 8.78 Å². The number of hydrogen-bond donors (Lipinski definition) is 1. The Bertz CT molecular complexity index is 677. The van der Waals surface area contributed by atoms with Gasteiger partial charge in [0.2, 0.25) is 0 Å². The highest BCUT2D eigenvalue weighted by atomic mass is 35.5. The Morgan fingerprint density at radius 2 is 1.86 bits per heavy atom. The summed E-state index contributed by atoms with van der Waals surface area (Å²) >= 11 is 6.05. The maximum atomic E-state index is 14.0. The molecule has 2 N–H and O–H groups in total. The standard InChI is InChI=1S/C17H17ClF2N2/c18-13-4-1-3-11(7-13)12-8-14(21)10-22(9-12)16-6-2-5-15(19)17(16)20/h1-7,12,14H,8-10,21H2. The molecule has 2 unspecified atom stereocenters. The van der Waals surface area contributed by atoms with Crippen LogP contribution in [0.15, 0.2) is 42.5 Å². The summed E-state index contributed by atoms with van der Waals surface area (Å²) in [5.74, 6) is -1.51. The molecule has 116 valence electrons. The molecule has 2 aromatic rings. The van der Waals surface area contributed by atoms with E-state index in [4.69, 9.17) is 17.3 Å². The largest absolute Gasteiger partial charge is 0.367 e. The molecule has 0 spiro atoms. The molecular weight excluding hydrogens is 306 g/mol. The summed E-state index contributed by atoms with van der Waals surface area (Å²) in [5, 5.41) is 0.667. The predicted molar refractivity (Wildman–Crippen MR) is 85.4 cm³/mol. The van der Waals surface area contributed by atoms with Gasteiger partial charge >= 0.3 is 0 Å². The van der Waals surface area contributed by atoms with Gasteiger partial charge in [0.15, 0.2) is 11.6 Å². The smallest absolute Gasteiger partial charge is 0.182 e. The fourth-order valence-electron chi connectivity index (χ4n) is 3.07. The van der Waals surface area contributed by atoms with E-state index in [0.717, 1.165) is 18.1 Å². The Balaban J connectivity index is 1.89. The third kappa shape index (κ3) is 3.08. The second-order valence-corrected chi connectivity index (χ2v) is 6.16. The number of nitrogens with two attached hydrogens (primary N) is 1. The summed E-state index contributed by atoms with van der Waals surface area (Å²) < 4.78 is 27.5. The van der Waals surface area contributed by atoms with E-state index in [0.29, 0.717) is 18.1 Å². The molecule has 0 aliphatic carbocycles. The molecule has 0 saturated carbocycles. The Hall–Kier alpha value is -1.65. The van der Waals surface area contributed by atoms with Crippen LogP contribution in [0.5, 0.6) is 0 Å². The lowest BCUT2D eigenvalue weighted by Gasteiger charge is -2.38. The number of halogens is 3. The SMILES string of the molecule is NC1CC(c2cccc(Cl)c2)CN(c2cccc(F)c2F)C1. The van der Waals surface area contributed by atoms with Gasteiger partial charge < -0.3 is 10.6 Å². The number of anilines is 1. The summed E-state index contributed by atoms with van der Waals surface area (Å²) in [7, 11) is 0. The molecule has 2 aromatic carbocycles. The van der Waals surface area contributed by atoms with Gasteiger partial charge in [-0.05, 0) is 36.2 Å². The van der Waals surface area contributed by atoms with E-state index in [1.165, 1.54) is 6.07 Å². The van der Waals surface area contributed by atoms with Crippen molar-refractivity contribution in [1.82, 2.24) is 0 Å². The lowest BCUT2D eigenvalue weighted by Crippen LogP contribution is -2.46. The molecule has 0 aromatic heterocycles. The van der Waals surface area contributed by atoms with Crippen molar-refractivity contribution in [3.63, 3.8) is 0 Å². The second-order valence-electron chi connectivity index (χ2n) is 5.73. The number of hydrogen-bond acceptors (Lipinski definition) is 2. The predicted octanol–water partition coefficient (Wildman–Crippen LogP) is 3.94. The van der Waals surface area contributed by atoms with Crippen molar-refractivity contribution < 1.29 is 8.78 Å². The lowest BCUT2D eigenvalue weighted by atomic mass is 9.88. The highest BCUT2D eigenvalue weighted by Crippen LogP contribution is 2.32. The number of rotatable bonds is 2. The molecule has 2 atom stereocenters. The van der Waals surface area contributed by atoms with Gasteiger partial charge in [0, 0.05) is 30.1 Å². The Morgan fingerprint density at radius 1 is 1.09 bits per heavy atom. The average Bonchev–Trinajstić information content (AvgIpc) is 2.49. The topological polar surface area (TPSA) is 29.3 Å². The fourth-order valence-corrected chi connectivity index (χ4v) is 3.27. The molecule has 2 nitrogen and oxygen atoms in total. The molecule has 22 heavy (non-hydrogen) atoms. The maximum Gasteiger partial charge on any atom is 0.182 e. The maximum absolute atomic E-state index is 14.0. The zero-order valence-electron chi connectivity index (χ0n) is 12.0. The minimum absolute atomic E-state index is 0.0969. The lowest BCUT2D eigenvalue weighted by molar-refractivity contribution is 0.442. The fraction of sp³-hybridized carbons (Fsp3) is 0.294. The monoisotopic (exact) mass is 322 g/mol. The van der Waals surface area contributed by atoms with Gasteiger partial charge in [-0.15, -0.1) is 0 Å². The minimum Gasteiger partial charge on any atom is -0.367 e. The van der Waals surface area contributed by atoms with Gasteiger partial charge in [-0.3, -0.25) is 0 Å². The van der Waals surface area contributed by atoms with E-state index in [2.05, 4.69) is 0 Å². The molecule has 0 radical (unpaired) electrons. The highest BCUT2D eigenvalue weighted by Gasteiger charge is 2.28. The first-order valence-electron chi connectivity index (χ1n) is 7.24. The summed E-state index contributed by atoms with van der Waals surface area (Å²) in [5.41, 5.74) is 7.47. The first-order valence-corrected chi connectivity index (χ1v) is 7.62. The molecule has 1 saturated heterocycles. The molecule has 1 aliphatic rings. The molecule has 0 amide bonds. The Labute approximate surface area is 133 Å². The Morgan fingerprint density at radius 3 is 2.64 bits per heavy atom. The van der Waals surface area contributed by atoms with Gasteiger partial charge in [0.1, 0.15) is 0 Å². The van der Waals surface area contributed by atoms with E-state index in [1.807, 2.05) is 29.2 Å². The van der Waals surface area contributed by atoms with Crippen LogP contribution >= 0.6 is 11.6 Å². The average molecular weight is 323 g/mol. The number of nitrogens with zero attached hydrogens (tertiary/aromatic N) is 1. The van der Waals surface area contributed by atoms with Gasteiger partial charge in [0.05, 0.1) is 5.69 Å². The quantitative estimate of drug-likeness (QED) is 0.907. The van der Waals surface area contributed by atoms with Crippen molar-refractivity contribution in [2.45, 2.75) is 18.4 Å². The number of benzene rings is 2. The second kappa shape index (κ2) is 6.23. The first kappa shape index (κ1) is 15.3. The molecule has 5 heteroatoms.